The SMILES string of the molecule is CC(=Nc1c(C)cccc1O[SiH](C)C)c1cnn(C)c1.[H+]. The summed E-state index contributed by atoms with van der Waals surface area (Å²) in [4.78, 5) is 4.76. The van der Waals surface area contributed by atoms with E-state index >= 15 is 0 Å². The highest BCUT2D eigenvalue weighted by Gasteiger charge is 2.09. The number of hydrogen-bond donors (Lipinski definition) is 0. The second-order valence-corrected chi connectivity index (χ2v) is 7.52. The van der Waals surface area contributed by atoms with Crippen molar-refractivity contribution >= 4 is 20.4 Å². The van der Waals surface area contributed by atoms with Gasteiger partial charge in [0.15, 0.2) is 0 Å². The molecule has 4 nitrogen and oxygen atoms in total. The van der Waals surface area contributed by atoms with E-state index in [0.29, 0.717) is 0 Å². The van der Waals surface area contributed by atoms with E-state index < -0.39 is 9.04 Å². The van der Waals surface area contributed by atoms with Gasteiger partial charge in [-0.3, -0.25) is 4.68 Å². The molecular formula is C15H22N3OSi+. The Kier molecular flexibility index (Phi) is 4.39. The van der Waals surface area contributed by atoms with E-state index in [-0.39, 0.29) is 1.43 Å². The van der Waals surface area contributed by atoms with Gasteiger partial charge in [0, 0.05) is 24.5 Å². The molecule has 5 heteroatoms. The highest BCUT2D eigenvalue weighted by atomic mass is 28.3. The molecule has 0 aliphatic carbocycles. The highest BCUT2D eigenvalue weighted by molar-refractivity contribution is 6.49. The summed E-state index contributed by atoms with van der Waals surface area (Å²) in [6, 6.07) is 6.07. The second kappa shape index (κ2) is 6.05. The van der Waals surface area contributed by atoms with Gasteiger partial charge in [-0.25, -0.2) is 4.99 Å². The molecule has 20 heavy (non-hydrogen) atoms. The number of benzene rings is 1. The first-order valence-corrected chi connectivity index (χ1v) is 9.56. The van der Waals surface area contributed by atoms with E-state index in [0.717, 1.165) is 28.3 Å². The molecular weight excluding hydrogens is 266 g/mol. The lowest BCUT2D eigenvalue weighted by atomic mass is 10.1. The Morgan fingerprint density at radius 2 is 2.15 bits per heavy atom. The average molecular weight is 288 g/mol. The van der Waals surface area contributed by atoms with Gasteiger partial charge in [-0.2, -0.15) is 5.10 Å². The monoisotopic (exact) mass is 288 g/mol. The molecule has 0 bridgehead atoms. The highest BCUT2D eigenvalue weighted by Crippen LogP contribution is 2.32. The van der Waals surface area contributed by atoms with E-state index in [1.54, 1.807) is 4.68 Å². The molecule has 0 saturated heterocycles. The normalized spacial score (nSPS) is 12.0. The van der Waals surface area contributed by atoms with E-state index in [4.69, 9.17) is 9.42 Å². The predicted molar refractivity (Wildman–Crippen MR) is 86.9 cm³/mol. The van der Waals surface area contributed by atoms with Crippen LogP contribution in [0.1, 0.15) is 19.5 Å². The molecule has 2 aromatic rings. The zero-order valence-corrected chi connectivity index (χ0v) is 13.9. The van der Waals surface area contributed by atoms with E-state index in [9.17, 15) is 0 Å². The molecule has 0 radical (unpaired) electrons. The van der Waals surface area contributed by atoms with E-state index in [1.807, 2.05) is 38.5 Å². The quantitative estimate of drug-likeness (QED) is 0.639. The fraction of sp³-hybridized carbons (Fsp3) is 0.333. The first-order chi connectivity index (χ1) is 9.47. The number of aromatic nitrogens is 2. The van der Waals surface area contributed by atoms with Crippen LogP contribution in [0.25, 0.3) is 0 Å². The molecule has 0 spiro atoms. The second-order valence-electron chi connectivity index (χ2n) is 5.19. The van der Waals surface area contributed by atoms with Crippen molar-refractivity contribution in [3.05, 3.63) is 41.7 Å². The van der Waals surface area contributed by atoms with Gasteiger partial charge in [0.05, 0.1) is 6.20 Å². The zero-order valence-electron chi connectivity index (χ0n) is 13.7. The maximum Gasteiger partial charge on any atom is 1.00 e. The standard InChI is InChI=1S/C15H21N3OSi/c1-11-7-6-8-14(19-20(4)5)15(11)17-12(2)13-9-16-18(3)10-13/h6-10,20H,1-5H3/p+1. The zero-order chi connectivity index (χ0) is 14.7. The summed E-state index contributed by atoms with van der Waals surface area (Å²) in [6.07, 6.45) is 3.80. The summed E-state index contributed by atoms with van der Waals surface area (Å²) in [5, 5.41) is 4.18. The van der Waals surface area contributed by atoms with Gasteiger partial charge >= 0.3 is 1.43 Å². The number of aliphatic imine (C=N–C) groups is 1. The summed E-state index contributed by atoms with van der Waals surface area (Å²) in [6.45, 7) is 8.37. The first kappa shape index (κ1) is 14.5. The molecule has 0 aliphatic heterocycles. The van der Waals surface area contributed by atoms with Crippen molar-refractivity contribution in [1.82, 2.24) is 9.78 Å². The minimum atomic E-state index is -1.15. The van der Waals surface area contributed by atoms with Crippen LogP contribution in [0.2, 0.25) is 13.1 Å². The third kappa shape index (κ3) is 3.36. The van der Waals surface area contributed by atoms with Crippen molar-refractivity contribution in [1.29, 1.82) is 0 Å². The number of aryl methyl sites for hydroxylation is 2. The van der Waals surface area contributed by atoms with Crippen molar-refractivity contribution in [2.45, 2.75) is 26.9 Å². The Labute approximate surface area is 123 Å². The van der Waals surface area contributed by atoms with Crippen molar-refractivity contribution in [2.24, 2.45) is 12.0 Å². The van der Waals surface area contributed by atoms with Gasteiger partial charge in [-0.05, 0) is 38.6 Å². The smallest absolute Gasteiger partial charge is 0.546 e. The van der Waals surface area contributed by atoms with Crippen LogP contribution in [0.4, 0.5) is 5.69 Å². The van der Waals surface area contributed by atoms with Crippen LogP contribution in [-0.2, 0) is 7.05 Å². The molecule has 0 N–H and O–H groups in total. The Morgan fingerprint density at radius 3 is 2.75 bits per heavy atom. The van der Waals surface area contributed by atoms with Crippen molar-refractivity contribution < 1.29 is 5.85 Å². The van der Waals surface area contributed by atoms with Crippen LogP contribution in [-0.4, -0.2) is 24.5 Å². The lowest BCUT2D eigenvalue weighted by Crippen LogP contribution is -2.11. The average Bonchev–Trinajstić information content (AvgIpc) is 2.79. The molecule has 2 rings (SSSR count). The van der Waals surface area contributed by atoms with Gasteiger partial charge in [0.1, 0.15) is 11.4 Å². The van der Waals surface area contributed by atoms with Crippen LogP contribution in [0.5, 0.6) is 5.75 Å². The predicted octanol–water partition coefficient (Wildman–Crippen LogP) is 3.34. The molecule has 1 aromatic carbocycles. The molecule has 0 saturated carbocycles. The Bertz CT molecular complexity index is 638. The first-order valence-electron chi connectivity index (χ1n) is 6.78. The van der Waals surface area contributed by atoms with Crippen molar-refractivity contribution in [2.75, 3.05) is 0 Å². The van der Waals surface area contributed by atoms with Crippen LogP contribution >= 0.6 is 0 Å². The molecule has 0 unspecified atom stereocenters. The fourth-order valence-electron chi connectivity index (χ4n) is 1.96. The molecule has 0 aliphatic rings. The number of hydrogen-bond acceptors (Lipinski definition) is 3. The van der Waals surface area contributed by atoms with Gasteiger partial charge in [-0.1, -0.05) is 12.1 Å². The number of rotatable bonds is 4. The van der Waals surface area contributed by atoms with Crippen LogP contribution < -0.4 is 4.43 Å². The largest absolute Gasteiger partial charge is 1.00 e. The maximum atomic E-state index is 5.98. The van der Waals surface area contributed by atoms with Gasteiger partial charge < -0.3 is 4.43 Å². The summed E-state index contributed by atoms with van der Waals surface area (Å²) >= 11 is 0. The summed E-state index contributed by atoms with van der Waals surface area (Å²) in [5.41, 5.74) is 4.03. The molecule has 1 heterocycles. The molecule has 1 aromatic heterocycles. The van der Waals surface area contributed by atoms with Crippen LogP contribution in [0.15, 0.2) is 35.6 Å². The molecule has 106 valence electrons. The third-order valence-corrected chi connectivity index (χ3v) is 3.69. The van der Waals surface area contributed by atoms with Gasteiger partial charge in [0.2, 0.25) is 9.04 Å². The summed E-state index contributed by atoms with van der Waals surface area (Å²) in [5.74, 6) is 0.884. The Morgan fingerprint density at radius 1 is 1.40 bits per heavy atom. The third-order valence-electron chi connectivity index (χ3n) is 2.97. The van der Waals surface area contributed by atoms with Gasteiger partial charge in [0.25, 0.3) is 0 Å². The maximum absolute atomic E-state index is 5.98. The molecule has 0 atom stereocenters. The topological polar surface area (TPSA) is 39.4 Å². The van der Waals surface area contributed by atoms with Crippen LogP contribution in [0, 0.1) is 6.92 Å². The Balaban J connectivity index is 0.00000220. The molecule has 0 fully saturated rings. The summed E-state index contributed by atoms with van der Waals surface area (Å²) < 4.78 is 7.76. The van der Waals surface area contributed by atoms with E-state index in [1.165, 1.54) is 0 Å². The minimum Gasteiger partial charge on any atom is -0.546 e. The van der Waals surface area contributed by atoms with Crippen molar-refractivity contribution in [3.63, 3.8) is 0 Å². The fourth-order valence-corrected chi connectivity index (χ4v) is 2.66. The lowest BCUT2D eigenvalue weighted by Gasteiger charge is -2.14. The van der Waals surface area contributed by atoms with Crippen LogP contribution in [0.3, 0.4) is 0 Å². The number of nitrogens with zero attached hydrogens (tertiary/aromatic N) is 3. The van der Waals surface area contributed by atoms with E-state index in [2.05, 4.69) is 31.2 Å². The number of para-hydroxylation sites is 1. The minimum absolute atomic E-state index is 0. The lowest BCUT2D eigenvalue weighted by molar-refractivity contribution is 0.581. The molecule has 0 amide bonds. The Hall–Kier alpha value is -1.88. The summed E-state index contributed by atoms with van der Waals surface area (Å²) in [7, 11) is 0.760. The van der Waals surface area contributed by atoms with Gasteiger partial charge in [-0.15, -0.1) is 0 Å². The van der Waals surface area contributed by atoms with Crippen molar-refractivity contribution in [3.8, 4) is 5.75 Å².